The molecule has 150 valence electrons. The molecular formula is C21H15BrN4O4. The third kappa shape index (κ3) is 2.89. The van der Waals surface area contributed by atoms with Crippen molar-refractivity contribution in [3.8, 4) is 11.5 Å². The molecule has 4 aromatic rings. The lowest BCUT2D eigenvalue weighted by molar-refractivity contribution is -0.132. The van der Waals surface area contributed by atoms with Crippen molar-refractivity contribution in [3.63, 3.8) is 0 Å². The van der Waals surface area contributed by atoms with Gasteiger partial charge in [-0.25, -0.2) is 4.79 Å². The van der Waals surface area contributed by atoms with E-state index in [1.165, 1.54) is 0 Å². The molecule has 1 saturated heterocycles. The minimum atomic E-state index is -1.32. The van der Waals surface area contributed by atoms with E-state index in [1.807, 2.05) is 48.5 Å². The third-order valence-corrected chi connectivity index (χ3v) is 5.75. The number of halogens is 1. The van der Waals surface area contributed by atoms with Crippen molar-refractivity contribution in [1.82, 2.24) is 20.4 Å². The molecule has 30 heavy (non-hydrogen) atoms. The fourth-order valence-corrected chi connectivity index (χ4v) is 3.89. The molecule has 1 atom stereocenters. The molecule has 0 spiro atoms. The second-order valence-electron chi connectivity index (χ2n) is 7.08. The van der Waals surface area contributed by atoms with Crippen LogP contribution in [-0.4, -0.2) is 27.0 Å². The maximum absolute atomic E-state index is 13.1. The van der Waals surface area contributed by atoms with Crippen molar-refractivity contribution in [1.29, 1.82) is 0 Å². The number of carbonyl (C=O) groups is 2. The average Bonchev–Trinajstić information content (AvgIpc) is 3.43. The van der Waals surface area contributed by atoms with Crippen molar-refractivity contribution >= 4 is 38.8 Å². The predicted octanol–water partition coefficient (Wildman–Crippen LogP) is 4.21. The minimum Gasteiger partial charge on any atom is -0.458 e. The van der Waals surface area contributed by atoms with Crippen LogP contribution in [0.4, 0.5) is 4.79 Å². The summed E-state index contributed by atoms with van der Waals surface area (Å²) in [5, 5.41) is 11.6. The molecule has 0 bridgehead atoms. The first-order chi connectivity index (χ1) is 14.5. The molecule has 1 fully saturated rings. The van der Waals surface area contributed by atoms with E-state index in [0.29, 0.717) is 17.2 Å². The smallest absolute Gasteiger partial charge is 0.325 e. The summed E-state index contributed by atoms with van der Waals surface area (Å²) in [6, 6.07) is 16.0. The fourth-order valence-electron chi connectivity index (χ4n) is 3.43. The zero-order chi connectivity index (χ0) is 20.9. The lowest BCUT2D eigenvalue weighted by Gasteiger charge is -2.18. The lowest BCUT2D eigenvalue weighted by atomic mass is 9.99. The van der Waals surface area contributed by atoms with Gasteiger partial charge >= 0.3 is 6.03 Å². The number of urea groups is 1. The Bertz CT molecular complexity index is 1260. The lowest BCUT2D eigenvalue weighted by Crippen LogP contribution is -2.40. The molecule has 3 amide bonds. The van der Waals surface area contributed by atoms with Crippen molar-refractivity contribution < 1.29 is 18.4 Å². The number of benzene rings is 2. The van der Waals surface area contributed by atoms with Crippen LogP contribution in [0.25, 0.3) is 22.4 Å². The monoisotopic (exact) mass is 466 g/mol. The van der Waals surface area contributed by atoms with Crippen LogP contribution in [0.15, 0.2) is 67.9 Å². The average molecular weight is 467 g/mol. The first-order valence-corrected chi connectivity index (χ1v) is 9.95. The largest absolute Gasteiger partial charge is 0.458 e. The maximum Gasteiger partial charge on any atom is 0.325 e. The number of hydrogen-bond donors (Lipinski definition) is 1. The van der Waals surface area contributed by atoms with Crippen LogP contribution in [0.2, 0.25) is 0 Å². The molecular weight excluding hydrogens is 452 g/mol. The first-order valence-electron chi connectivity index (χ1n) is 9.16. The number of imide groups is 1. The van der Waals surface area contributed by atoms with Crippen LogP contribution < -0.4 is 5.32 Å². The highest BCUT2D eigenvalue weighted by Crippen LogP contribution is 2.34. The Kier molecular flexibility index (Phi) is 4.21. The summed E-state index contributed by atoms with van der Waals surface area (Å²) in [7, 11) is 0. The summed E-state index contributed by atoms with van der Waals surface area (Å²) < 4.78 is 12.3. The molecule has 1 N–H and O–H groups in total. The van der Waals surface area contributed by atoms with Gasteiger partial charge in [-0.3, -0.25) is 9.69 Å². The Balaban J connectivity index is 1.42. The van der Waals surface area contributed by atoms with E-state index in [1.54, 1.807) is 13.0 Å². The van der Waals surface area contributed by atoms with Gasteiger partial charge in [0.15, 0.2) is 5.54 Å². The van der Waals surface area contributed by atoms with Gasteiger partial charge < -0.3 is 14.2 Å². The van der Waals surface area contributed by atoms with Crippen LogP contribution in [0, 0.1) is 0 Å². The normalized spacial score (nSPS) is 18.9. The van der Waals surface area contributed by atoms with E-state index in [9.17, 15) is 9.59 Å². The summed E-state index contributed by atoms with van der Waals surface area (Å²) in [6.07, 6.45) is 0. The Hall–Kier alpha value is -3.46. The number of para-hydroxylation sites is 1. The van der Waals surface area contributed by atoms with Crippen LogP contribution in [0.5, 0.6) is 0 Å². The number of amides is 3. The van der Waals surface area contributed by atoms with Gasteiger partial charge in [-0.1, -0.05) is 30.3 Å². The summed E-state index contributed by atoms with van der Waals surface area (Å²) >= 11 is 3.44. The predicted molar refractivity (Wildman–Crippen MR) is 110 cm³/mol. The quantitative estimate of drug-likeness (QED) is 0.452. The van der Waals surface area contributed by atoms with Crippen LogP contribution in [0.1, 0.15) is 18.6 Å². The van der Waals surface area contributed by atoms with Crippen molar-refractivity contribution in [2.24, 2.45) is 0 Å². The maximum atomic E-state index is 13.1. The second kappa shape index (κ2) is 6.81. The van der Waals surface area contributed by atoms with Crippen LogP contribution in [-0.2, 0) is 16.9 Å². The van der Waals surface area contributed by atoms with E-state index in [-0.39, 0.29) is 12.4 Å². The molecule has 2 aromatic heterocycles. The van der Waals surface area contributed by atoms with Gasteiger partial charge in [0.25, 0.3) is 5.91 Å². The first kappa shape index (κ1) is 18.6. The Morgan fingerprint density at radius 1 is 1.07 bits per heavy atom. The molecule has 2 aromatic carbocycles. The number of nitrogens with zero attached hydrogens (tertiary/aromatic N) is 3. The fraction of sp³-hybridized carbons (Fsp3) is 0.143. The summed E-state index contributed by atoms with van der Waals surface area (Å²) in [5.41, 5.74) is 0.0475. The molecule has 8 nitrogen and oxygen atoms in total. The van der Waals surface area contributed by atoms with E-state index >= 15 is 0 Å². The van der Waals surface area contributed by atoms with E-state index < -0.39 is 17.5 Å². The van der Waals surface area contributed by atoms with Crippen LogP contribution >= 0.6 is 15.9 Å². The second-order valence-corrected chi connectivity index (χ2v) is 7.93. The van der Waals surface area contributed by atoms with Gasteiger partial charge in [0.1, 0.15) is 17.9 Å². The van der Waals surface area contributed by atoms with Gasteiger partial charge in [0, 0.05) is 9.86 Å². The summed E-state index contributed by atoms with van der Waals surface area (Å²) in [5.74, 6) is 0.360. The molecule has 0 radical (unpaired) electrons. The Morgan fingerprint density at radius 2 is 1.83 bits per heavy atom. The van der Waals surface area contributed by atoms with E-state index in [0.717, 1.165) is 20.3 Å². The molecule has 1 unspecified atom stereocenters. The Labute approximate surface area is 179 Å². The van der Waals surface area contributed by atoms with Gasteiger partial charge in [-0.05, 0) is 47.1 Å². The molecule has 3 heterocycles. The Morgan fingerprint density at radius 3 is 2.63 bits per heavy atom. The highest BCUT2D eigenvalue weighted by Gasteiger charge is 2.51. The molecule has 0 saturated carbocycles. The highest BCUT2D eigenvalue weighted by atomic mass is 79.9. The molecule has 9 heteroatoms. The highest BCUT2D eigenvalue weighted by molar-refractivity contribution is 9.10. The molecule has 0 aliphatic carbocycles. The van der Waals surface area contributed by atoms with Crippen molar-refractivity contribution in [3.05, 3.63) is 70.7 Å². The number of hydrogen-bond acceptors (Lipinski definition) is 6. The number of nitrogens with one attached hydrogen (secondary N) is 1. The standard InChI is InChI=1S/C21H15BrN4O4/c1-21(16-10-12-6-2-5-9-15(12)29-16)19(27)26(20(28)23-21)11-17-24-25-18(30-17)13-7-3-4-8-14(13)22/h2-10H,11H2,1H3,(H,23,28). The van der Waals surface area contributed by atoms with Crippen molar-refractivity contribution in [2.75, 3.05) is 0 Å². The van der Waals surface area contributed by atoms with Crippen molar-refractivity contribution in [2.45, 2.75) is 19.0 Å². The summed E-state index contributed by atoms with van der Waals surface area (Å²) in [4.78, 5) is 26.8. The molecule has 5 rings (SSSR count). The zero-order valence-corrected chi connectivity index (χ0v) is 17.3. The number of carbonyl (C=O) groups excluding carboxylic acids is 2. The van der Waals surface area contributed by atoms with E-state index in [4.69, 9.17) is 8.83 Å². The van der Waals surface area contributed by atoms with Gasteiger partial charge in [-0.2, -0.15) is 0 Å². The number of fused-ring (bicyclic) bond motifs is 1. The van der Waals surface area contributed by atoms with Gasteiger partial charge in [-0.15, -0.1) is 10.2 Å². The SMILES string of the molecule is CC1(c2cc3ccccc3o2)NC(=O)N(Cc2nnc(-c3ccccc3Br)o2)C1=O. The van der Waals surface area contributed by atoms with Crippen LogP contribution in [0.3, 0.4) is 0 Å². The third-order valence-electron chi connectivity index (χ3n) is 5.06. The number of rotatable bonds is 4. The molecule has 1 aliphatic rings. The zero-order valence-electron chi connectivity index (χ0n) is 15.8. The minimum absolute atomic E-state index is 0.141. The summed E-state index contributed by atoms with van der Waals surface area (Å²) in [6.45, 7) is 1.48. The van der Waals surface area contributed by atoms with E-state index in [2.05, 4.69) is 31.4 Å². The van der Waals surface area contributed by atoms with Gasteiger partial charge in [0.05, 0.1) is 5.56 Å². The topological polar surface area (TPSA) is 101 Å². The van der Waals surface area contributed by atoms with Gasteiger partial charge in [0.2, 0.25) is 11.8 Å². The number of furan rings is 1. The molecule has 1 aliphatic heterocycles. The number of aromatic nitrogens is 2.